The largest absolute Gasteiger partial charge is 0.453 e. The number of halogens is 6. The lowest BCUT2D eigenvalue weighted by molar-refractivity contribution is -0.137. The van der Waals surface area contributed by atoms with Gasteiger partial charge in [-0.25, -0.2) is 0 Å². The molecule has 0 bridgehead atoms. The number of allylic oxidation sites excluding steroid dienone is 2. The Morgan fingerprint density at radius 1 is 0.370 bits per heavy atom. The van der Waals surface area contributed by atoms with Crippen LogP contribution in [0.3, 0.4) is 0 Å². The van der Waals surface area contributed by atoms with E-state index in [4.69, 9.17) is 8.83 Å². The minimum absolute atomic E-state index is 0.235. The third kappa shape index (κ3) is 7.93. The highest BCUT2D eigenvalue weighted by Gasteiger charge is 2.58. The highest BCUT2D eigenvalue weighted by molar-refractivity contribution is 6.21. The van der Waals surface area contributed by atoms with Crippen molar-refractivity contribution in [2.75, 3.05) is 14.7 Å². The molecule has 2 aromatic heterocycles. The van der Waals surface area contributed by atoms with Crippen molar-refractivity contribution in [3.05, 3.63) is 299 Å². The Bertz CT molecular complexity index is 5220. The summed E-state index contributed by atoms with van der Waals surface area (Å²) >= 11 is 0. The quantitative estimate of drug-likeness (QED) is 0.149. The molecule has 0 radical (unpaired) electrons. The molecule has 5 nitrogen and oxygen atoms in total. The molecule has 1 spiro atoms. The van der Waals surface area contributed by atoms with Crippen LogP contribution in [0.15, 0.2) is 258 Å². The number of aryl methyl sites for hydroxylation is 4. The van der Waals surface area contributed by atoms with Crippen LogP contribution < -0.4 is 14.7 Å². The van der Waals surface area contributed by atoms with Crippen molar-refractivity contribution in [2.24, 2.45) is 5.92 Å². The average Bonchev–Trinajstić information content (AvgIpc) is 1.45. The van der Waals surface area contributed by atoms with Crippen LogP contribution in [0.5, 0.6) is 0 Å². The third-order valence-corrected chi connectivity index (χ3v) is 19.4. The number of rotatable bonds is 7. The number of fused-ring (bicyclic) bond motifs is 19. The molecule has 2 unspecified atom stereocenters. The zero-order valence-electron chi connectivity index (χ0n) is 50.3. The van der Waals surface area contributed by atoms with Gasteiger partial charge in [0.15, 0.2) is 11.2 Å². The molecule has 3 aliphatic rings. The summed E-state index contributed by atoms with van der Waals surface area (Å²) in [7, 11) is 0. The fourth-order valence-electron chi connectivity index (χ4n) is 15.8. The van der Waals surface area contributed by atoms with Crippen molar-refractivity contribution in [1.29, 1.82) is 0 Å². The zero-order valence-corrected chi connectivity index (χ0v) is 50.3. The Labute approximate surface area is 525 Å². The molecule has 14 aromatic rings. The number of hydrogen-bond acceptors (Lipinski definition) is 5. The molecule has 0 saturated heterocycles. The van der Waals surface area contributed by atoms with Gasteiger partial charge in [-0.1, -0.05) is 193 Å². The number of anilines is 8. The number of alkyl halides is 6. The molecule has 2 aliphatic carbocycles. The molecular weight excluding hydrogens is 1160 g/mol. The molecule has 2 atom stereocenters. The summed E-state index contributed by atoms with van der Waals surface area (Å²) in [5.74, 6) is -0.325. The van der Waals surface area contributed by atoms with E-state index in [1.165, 1.54) is 12.1 Å². The first-order valence-electron chi connectivity index (χ1n) is 30.8. The van der Waals surface area contributed by atoms with Gasteiger partial charge in [-0.2, -0.15) is 26.3 Å². The SMILES string of the molecule is Cc1ccc(N(c2cc3c(c4ccccc24)-c2c(cc(N(c4ccc(C)cc4C)c4cccc5c4oc4c(C(F)(F)F)cccc45)c4ccccc24)C32c3ccccc3N(c3ccccc3)C3C=CC=CC32)c2cccc3c2oc2c(C(F)(F)F)cccc23)c(C)c1. The van der Waals surface area contributed by atoms with Gasteiger partial charge in [0, 0.05) is 61.0 Å². The van der Waals surface area contributed by atoms with Gasteiger partial charge < -0.3 is 23.5 Å². The van der Waals surface area contributed by atoms with Crippen LogP contribution in [0.25, 0.3) is 76.5 Å². The number of para-hydroxylation sites is 6. The third-order valence-electron chi connectivity index (χ3n) is 19.4. The summed E-state index contributed by atoms with van der Waals surface area (Å²) < 4.78 is 104. The molecule has 0 N–H and O–H groups in total. The van der Waals surface area contributed by atoms with Crippen LogP contribution in [0.1, 0.15) is 50.1 Å². The van der Waals surface area contributed by atoms with Crippen molar-refractivity contribution in [3.63, 3.8) is 0 Å². The first-order chi connectivity index (χ1) is 44.6. The second kappa shape index (κ2) is 20.1. The van der Waals surface area contributed by atoms with Gasteiger partial charge in [-0.15, -0.1) is 0 Å². The van der Waals surface area contributed by atoms with Crippen molar-refractivity contribution in [1.82, 2.24) is 0 Å². The summed E-state index contributed by atoms with van der Waals surface area (Å²) in [6.07, 6.45) is -0.434. The molecule has 17 rings (SSSR count). The molecule has 0 saturated carbocycles. The molecule has 0 amide bonds. The van der Waals surface area contributed by atoms with Crippen molar-refractivity contribution in [3.8, 4) is 11.1 Å². The van der Waals surface area contributed by atoms with Crippen LogP contribution in [0, 0.1) is 33.6 Å². The fraction of sp³-hybridized carbons (Fsp3) is 0.111. The Morgan fingerprint density at radius 2 is 0.793 bits per heavy atom. The second-order valence-corrected chi connectivity index (χ2v) is 24.7. The monoisotopic (exact) mass is 1220 g/mol. The second-order valence-electron chi connectivity index (χ2n) is 24.7. The summed E-state index contributed by atoms with van der Waals surface area (Å²) in [5, 5.41) is 5.50. The first kappa shape index (κ1) is 55.3. The Morgan fingerprint density at radius 3 is 1.28 bits per heavy atom. The minimum atomic E-state index is -4.69. The van der Waals surface area contributed by atoms with E-state index in [0.29, 0.717) is 44.1 Å². The van der Waals surface area contributed by atoms with Crippen LogP contribution >= 0.6 is 0 Å². The van der Waals surface area contributed by atoms with E-state index >= 15 is 26.3 Å². The zero-order chi connectivity index (χ0) is 62.7. The van der Waals surface area contributed by atoms with Gasteiger partial charge in [0.1, 0.15) is 11.2 Å². The van der Waals surface area contributed by atoms with Gasteiger partial charge in [0.25, 0.3) is 0 Å². The Kier molecular flexibility index (Phi) is 12.1. The Hall–Kier alpha value is -10.8. The first-order valence-corrected chi connectivity index (χ1v) is 30.8. The topological polar surface area (TPSA) is 36.0 Å². The van der Waals surface area contributed by atoms with Gasteiger partial charge in [-0.05, 0) is 144 Å². The smallest absolute Gasteiger partial charge is 0.420 e. The van der Waals surface area contributed by atoms with E-state index in [1.54, 1.807) is 12.1 Å². The highest BCUT2D eigenvalue weighted by Crippen LogP contribution is 2.68. The van der Waals surface area contributed by atoms with Crippen LogP contribution in [0.4, 0.5) is 71.8 Å². The van der Waals surface area contributed by atoms with Crippen molar-refractivity contribution < 1.29 is 35.2 Å². The van der Waals surface area contributed by atoms with Crippen molar-refractivity contribution >= 4 is 111 Å². The van der Waals surface area contributed by atoms with Gasteiger partial charge >= 0.3 is 12.4 Å². The van der Waals surface area contributed by atoms with E-state index < -0.39 is 28.9 Å². The van der Waals surface area contributed by atoms with E-state index in [-0.39, 0.29) is 23.1 Å². The Balaban J connectivity index is 1.04. The average molecular weight is 1220 g/mol. The predicted octanol–water partition coefficient (Wildman–Crippen LogP) is 23.6. The molecule has 11 heteroatoms. The van der Waals surface area contributed by atoms with Crippen molar-refractivity contribution in [2.45, 2.75) is 51.5 Å². The van der Waals surface area contributed by atoms with E-state index in [9.17, 15) is 0 Å². The summed E-state index contributed by atoms with van der Waals surface area (Å²) in [4.78, 5) is 6.83. The summed E-state index contributed by atoms with van der Waals surface area (Å²) in [5.41, 5.74) is 12.8. The number of benzene rings is 12. The fourth-order valence-corrected chi connectivity index (χ4v) is 15.8. The lowest BCUT2D eigenvalue weighted by Gasteiger charge is -2.53. The van der Waals surface area contributed by atoms with E-state index in [2.05, 4.69) is 186 Å². The highest BCUT2D eigenvalue weighted by atomic mass is 19.4. The molecule has 3 heterocycles. The van der Waals surface area contributed by atoms with Crippen LogP contribution in [-0.4, -0.2) is 6.04 Å². The van der Waals surface area contributed by atoms with Crippen LogP contribution in [-0.2, 0) is 17.8 Å². The maximum Gasteiger partial charge on any atom is 0.420 e. The standard InChI is InChI=1S/C81H55F6N3O2/c1-46-38-40-65(48(3)42-46)89(69-36-18-28-57-55-26-16-32-61(80(82,83)84)75(55)91-77(57)69)71-44-63-73(53-24-10-8-22-51(53)71)74-54-25-11-9-23-52(54)72(45-64(74)79(63)59-30-12-14-34-67(59)88(50-20-6-5-7-21-50)68-35-15-13-31-60(68)79)90(66-41-39-47(2)43-49(66)4)70-37-19-29-58-56-27-17-33-62(81(85,86)87)76(56)92-78(58)70/h5-45,59,67H,1-4H3. The van der Waals surface area contributed by atoms with Gasteiger partial charge in [0.05, 0.1) is 45.3 Å². The summed E-state index contributed by atoms with van der Waals surface area (Å²) in [6, 6.07) is 72.8. The van der Waals surface area contributed by atoms with Gasteiger partial charge in [0.2, 0.25) is 0 Å². The van der Waals surface area contributed by atoms with E-state index in [1.807, 2.05) is 68.4 Å². The molecule has 448 valence electrons. The summed E-state index contributed by atoms with van der Waals surface area (Å²) in [6.45, 7) is 8.23. The maximum absolute atomic E-state index is 15.1. The molecule has 92 heavy (non-hydrogen) atoms. The lowest BCUT2D eigenvalue weighted by Crippen LogP contribution is -2.52. The van der Waals surface area contributed by atoms with Gasteiger partial charge in [-0.3, -0.25) is 0 Å². The normalized spacial score (nSPS) is 15.7. The lowest BCUT2D eigenvalue weighted by atomic mass is 9.58. The molecule has 12 aromatic carbocycles. The predicted molar refractivity (Wildman–Crippen MR) is 360 cm³/mol. The molecular formula is C81H55F6N3O2. The van der Waals surface area contributed by atoms with Crippen LogP contribution in [0.2, 0.25) is 0 Å². The minimum Gasteiger partial charge on any atom is -0.453 e. The number of furan rings is 2. The molecule has 0 fully saturated rings. The molecule has 1 aliphatic heterocycles. The van der Waals surface area contributed by atoms with E-state index in [0.717, 1.165) is 118 Å². The number of nitrogens with zero attached hydrogens (tertiary/aromatic N) is 3. The number of hydrogen-bond donors (Lipinski definition) is 0. The maximum atomic E-state index is 15.1.